The fourth-order valence-electron chi connectivity index (χ4n) is 1.30. The fourth-order valence-corrected chi connectivity index (χ4v) is 2.80. The highest BCUT2D eigenvalue weighted by atomic mass is 32.2. The molecule has 0 saturated heterocycles. The Labute approximate surface area is 123 Å². The topological polar surface area (TPSA) is 72.2 Å². The maximum Gasteiger partial charge on any atom is 0.240 e. The third kappa shape index (κ3) is 4.80. The van der Waals surface area contributed by atoms with Crippen LogP contribution in [0.3, 0.4) is 0 Å². The van der Waals surface area contributed by atoms with Gasteiger partial charge in [0.15, 0.2) is 0 Å². The predicted molar refractivity (Wildman–Crippen MR) is 80.5 cm³/mol. The monoisotopic (exact) mass is 316 g/mol. The Morgan fingerprint density at radius 1 is 1.50 bits per heavy atom. The number of thioether (sulfide) groups is 1. The highest BCUT2D eigenvalue weighted by molar-refractivity contribution is 7.99. The van der Waals surface area contributed by atoms with E-state index >= 15 is 0 Å². The standard InChI is InChI=1S/C13H17FN2O2S2/c1-10(19-2)9-16-20(17,18)12-6-5-11(4-3-7-15)13(14)8-12/h5-6,8,10,16H,7,9,15H2,1-2H3. The van der Waals surface area contributed by atoms with E-state index < -0.39 is 15.8 Å². The Bertz CT molecular complexity index is 621. The number of hydrogen-bond acceptors (Lipinski definition) is 4. The van der Waals surface area contributed by atoms with Crippen LogP contribution >= 0.6 is 11.8 Å². The second kappa shape index (κ2) is 7.64. The van der Waals surface area contributed by atoms with E-state index in [4.69, 9.17) is 5.73 Å². The van der Waals surface area contributed by atoms with Crippen molar-refractivity contribution in [2.75, 3.05) is 19.3 Å². The lowest BCUT2D eigenvalue weighted by atomic mass is 10.2. The van der Waals surface area contributed by atoms with Gasteiger partial charge in [0, 0.05) is 11.8 Å². The quantitative estimate of drug-likeness (QED) is 0.800. The third-order valence-corrected chi connectivity index (χ3v) is 4.93. The van der Waals surface area contributed by atoms with Crippen LogP contribution in [0.4, 0.5) is 4.39 Å². The SMILES string of the molecule is CSC(C)CNS(=O)(=O)c1ccc(C#CCN)c(F)c1. The molecule has 0 fully saturated rings. The second-order valence-electron chi connectivity index (χ2n) is 4.05. The third-order valence-electron chi connectivity index (χ3n) is 2.54. The summed E-state index contributed by atoms with van der Waals surface area (Å²) in [5.41, 5.74) is 5.33. The van der Waals surface area contributed by atoms with E-state index in [-0.39, 0.29) is 22.3 Å². The van der Waals surface area contributed by atoms with Crippen LogP contribution in [0.1, 0.15) is 12.5 Å². The predicted octanol–water partition coefficient (Wildman–Crippen LogP) is 1.17. The lowest BCUT2D eigenvalue weighted by Gasteiger charge is -2.10. The fraction of sp³-hybridized carbons (Fsp3) is 0.385. The Morgan fingerprint density at radius 3 is 2.75 bits per heavy atom. The number of sulfonamides is 1. The second-order valence-corrected chi connectivity index (χ2v) is 7.09. The first-order valence-electron chi connectivity index (χ1n) is 5.91. The molecule has 0 spiro atoms. The summed E-state index contributed by atoms with van der Waals surface area (Å²) in [7, 11) is -3.70. The van der Waals surface area contributed by atoms with Crippen molar-refractivity contribution in [2.45, 2.75) is 17.1 Å². The first-order valence-corrected chi connectivity index (χ1v) is 8.68. The van der Waals surface area contributed by atoms with Crippen molar-refractivity contribution in [2.24, 2.45) is 5.73 Å². The van der Waals surface area contributed by atoms with Gasteiger partial charge in [0.2, 0.25) is 10.0 Å². The van der Waals surface area contributed by atoms with Crippen LogP contribution in [0.15, 0.2) is 23.1 Å². The zero-order valence-electron chi connectivity index (χ0n) is 11.3. The molecule has 1 unspecified atom stereocenters. The van der Waals surface area contributed by atoms with Gasteiger partial charge in [-0.3, -0.25) is 0 Å². The summed E-state index contributed by atoms with van der Waals surface area (Å²) in [6.45, 7) is 2.31. The summed E-state index contributed by atoms with van der Waals surface area (Å²) in [5, 5.41) is 0.143. The molecule has 0 bridgehead atoms. The molecule has 7 heteroatoms. The van der Waals surface area contributed by atoms with Crippen LogP contribution in [0, 0.1) is 17.7 Å². The molecular weight excluding hydrogens is 299 g/mol. The van der Waals surface area contributed by atoms with Gasteiger partial charge in [0.05, 0.1) is 17.0 Å². The number of nitrogens with one attached hydrogen (secondary N) is 1. The summed E-state index contributed by atoms with van der Waals surface area (Å²) in [6, 6.07) is 3.63. The maximum atomic E-state index is 13.7. The van der Waals surface area contributed by atoms with E-state index in [1.165, 1.54) is 12.1 Å². The van der Waals surface area contributed by atoms with E-state index in [0.29, 0.717) is 6.54 Å². The van der Waals surface area contributed by atoms with Gasteiger partial charge in [-0.25, -0.2) is 17.5 Å². The summed E-state index contributed by atoms with van der Waals surface area (Å²) >= 11 is 1.54. The van der Waals surface area contributed by atoms with Crippen LogP contribution in [-0.2, 0) is 10.0 Å². The number of rotatable bonds is 5. The highest BCUT2D eigenvalue weighted by Gasteiger charge is 2.16. The van der Waals surface area contributed by atoms with E-state index in [0.717, 1.165) is 6.07 Å². The highest BCUT2D eigenvalue weighted by Crippen LogP contribution is 2.15. The normalized spacial score (nSPS) is 12.6. The van der Waals surface area contributed by atoms with Crippen molar-refractivity contribution in [1.29, 1.82) is 0 Å². The van der Waals surface area contributed by atoms with Crippen LogP contribution in [-0.4, -0.2) is 33.0 Å². The first kappa shape index (κ1) is 17.0. The smallest absolute Gasteiger partial charge is 0.240 e. The molecular formula is C13H17FN2O2S2. The molecule has 0 aliphatic rings. The molecule has 20 heavy (non-hydrogen) atoms. The largest absolute Gasteiger partial charge is 0.320 e. The molecule has 1 rings (SSSR count). The first-order chi connectivity index (χ1) is 9.40. The lowest BCUT2D eigenvalue weighted by Crippen LogP contribution is -2.29. The molecule has 0 radical (unpaired) electrons. The summed E-state index contributed by atoms with van der Waals surface area (Å²) < 4.78 is 40.1. The van der Waals surface area contributed by atoms with Gasteiger partial charge < -0.3 is 5.73 Å². The summed E-state index contributed by atoms with van der Waals surface area (Å²) in [6.07, 6.45) is 1.89. The van der Waals surface area contributed by atoms with Gasteiger partial charge in [-0.05, 0) is 24.5 Å². The van der Waals surface area contributed by atoms with Crippen LogP contribution in [0.25, 0.3) is 0 Å². The molecule has 1 atom stereocenters. The average Bonchev–Trinajstić information content (AvgIpc) is 2.43. The van der Waals surface area contributed by atoms with Gasteiger partial charge in [-0.1, -0.05) is 18.8 Å². The Morgan fingerprint density at radius 2 is 2.20 bits per heavy atom. The van der Waals surface area contributed by atoms with Crippen molar-refractivity contribution >= 4 is 21.8 Å². The average molecular weight is 316 g/mol. The Kier molecular flexibility index (Phi) is 6.49. The maximum absolute atomic E-state index is 13.7. The van der Waals surface area contributed by atoms with Crippen molar-refractivity contribution < 1.29 is 12.8 Å². The molecule has 1 aromatic rings. The minimum atomic E-state index is -3.70. The number of halogens is 1. The molecule has 1 aromatic carbocycles. The van der Waals surface area contributed by atoms with Gasteiger partial charge in [-0.2, -0.15) is 11.8 Å². The van der Waals surface area contributed by atoms with E-state index in [1.54, 1.807) is 11.8 Å². The van der Waals surface area contributed by atoms with Gasteiger partial charge in [0.1, 0.15) is 5.82 Å². The molecule has 0 aliphatic heterocycles. The zero-order valence-corrected chi connectivity index (χ0v) is 12.9. The zero-order chi connectivity index (χ0) is 15.2. The van der Waals surface area contributed by atoms with Gasteiger partial charge >= 0.3 is 0 Å². The molecule has 0 saturated carbocycles. The molecule has 110 valence electrons. The van der Waals surface area contributed by atoms with Crippen molar-refractivity contribution in [3.8, 4) is 11.8 Å². The van der Waals surface area contributed by atoms with Crippen molar-refractivity contribution in [3.63, 3.8) is 0 Å². The van der Waals surface area contributed by atoms with E-state index in [9.17, 15) is 12.8 Å². The molecule has 0 heterocycles. The minimum Gasteiger partial charge on any atom is -0.320 e. The van der Waals surface area contributed by atoms with Gasteiger partial charge in [-0.15, -0.1) is 0 Å². The van der Waals surface area contributed by atoms with Crippen molar-refractivity contribution in [1.82, 2.24) is 4.72 Å². The number of benzene rings is 1. The Hall–Kier alpha value is -1.07. The van der Waals surface area contributed by atoms with Crippen LogP contribution < -0.4 is 10.5 Å². The molecule has 0 aliphatic carbocycles. The van der Waals surface area contributed by atoms with Crippen LogP contribution in [0.5, 0.6) is 0 Å². The van der Waals surface area contributed by atoms with E-state index in [1.807, 2.05) is 13.2 Å². The molecule has 4 nitrogen and oxygen atoms in total. The summed E-state index contributed by atoms with van der Waals surface area (Å²) in [4.78, 5) is -0.110. The van der Waals surface area contributed by atoms with E-state index in [2.05, 4.69) is 16.6 Å². The molecule has 0 aromatic heterocycles. The minimum absolute atomic E-state index is 0.110. The lowest BCUT2D eigenvalue weighted by molar-refractivity contribution is 0.577. The summed E-state index contributed by atoms with van der Waals surface area (Å²) in [5.74, 6) is 4.39. The molecule has 0 amide bonds. The Balaban J connectivity index is 2.94. The number of hydrogen-bond donors (Lipinski definition) is 2. The van der Waals surface area contributed by atoms with Crippen LogP contribution in [0.2, 0.25) is 0 Å². The van der Waals surface area contributed by atoms with Gasteiger partial charge in [0.25, 0.3) is 0 Å². The number of nitrogens with two attached hydrogens (primary N) is 1. The van der Waals surface area contributed by atoms with Crippen molar-refractivity contribution in [3.05, 3.63) is 29.6 Å². The molecule has 3 N–H and O–H groups in total.